The van der Waals surface area contributed by atoms with Gasteiger partial charge in [0.05, 0.1) is 17.8 Å². The number of hydrogen-bond acceptors (Lipinski definition) is 8. The molecule has 4 rings (SSSR count). The Labute approximate surface area is 197 Å². The molecule has 0 spiro atoms. The van der Waals surface area contributed by atoms with Gasteiger partial charge in [0.2, 0.25) is 0 Å². The molecule has 2 amide bonds. The van der Waals surface area contributed by atoms with Gasteiger partial charge in [-0.2, -0.15) is 0 Å². The molecule has 2 aliphatic rings. The largest absolute Gasteiger partial charge is 0.478 e. The molecule has 0 bridgehead atoms. The van der Waals surface area contributed by atoms with Gasteiger partial charge < -0.3 is 20.1 Å². The number of anilines is 1. The predicted molar refractivity (Wildman–Crippen MR) is 120 cm³/mol. The molecule has 1 atom stereocenters. The minimum atomic E-state index is -1.44. The van der Waals surface area contributed by atoms with Crippen LogP contribution >= 0.6 is 23.1 Å². The quantitative estimate of drug-likeness (QED) is 0.644. The van der Waals surface area contributed by atoms with Crippen LogP contribution in [0.4, 0.5) is 14.9 Å². The molecule has 1 aliphatic carbocycles. The number of ether oxygens (including phenoxy) is 1. The first kappa shape index (κ1) is 23.4. The smallest absolute Gasteiger partial charge is 0.408 e. The summed E-state index contributed by atoms with van der Waals surface area (Å²) in [5, 5.41) is 21.8. The maximum atomic E-state index is 14.4. The highest BCUT2D eigenvalue weighted by molar-refractivity contribution is 7.99. The zero-order valence-corrected chi connectivity index (χ0v) is 19.9. The van der Waals surface area contributed by atoms with Crippen LogP contribution < -0.4 is 10.2 Å². The molecule has 2 N–H and O–H groups in total. The fourth-order valence-corrected chi connectivity index (χ4v) is 5.34. The van der Waals surface area contributed by atoms with Crippen molar-refractivity contribution < 1.29 is 28.6 Å². The Hall–Kier alpha value is -2.73. The fourth-order valence-electron chi connectivity index (χ4n) is 3.26. The maximum Gasteiger partial charge on any atom is 0.408 e. The molecular weight excluding hydrogens is 471 g/mol. The number of aromatic carboxylic acids is 1. The molecule has 1 saturated carbocycles. The van der Waals surface area contributed by atoms with Crippen LogP contribution in [0.25, 0.3) is 0 Å². The molecule has 12 heteroatoms. The zero-order valence-electron chi connectivity index (χ0n) is 18.3. The number of carbonyl (C=O) groups excluding carboxylic acids is 2. The third-order valence-corrected chi connectivity index (χ3v) is 7.14. The number of fused-ring (bicyclic) bond motifs is 1. The van der Waals surface area contributed by atoms with E-state index < -0.39 is 41.0 Å². The number of carboxylic acids is 1. The summed E-state index contributed by atoms with van der Waals surface area (Å²) in [5.41, 5.74) is -1.04. The summed E-state index contributed by atoms with van der Waals surface area (Å²) in [5.74, 6) is -2.29. The van der Waals surface area contributed by atoms with Gasteiger partial charge in [-0.25, -0.2) is 14.0 Å². The lowest BCUT2D eigenvalue weighted by molar-refractivity contribution is -0.120. The van der Waals surface area contributed by atoms with Crippen molar-refractivity contribution in [1.29, 1.82) is 0 Å². The Morgan fingerprint density at radius 3 is 2.67 bits per heavy atom. The van der Waals surface area contributed by atoms with Crippen LogP contribution in [-0.4, -0.2) is 50.7 Å². The highest BCUT2D eigenvalue weighted by Gasteiger charge is 2.35. The van der Waals surface area contributed by atoms with Gasteiger partial charge in [0.15, 0.2) is 0 Å². The molecule has 0 saturated heterocycles. The first-order valence-corrected chi connectivity index (χ1v) is 12.1. The Morgan fingerprint density at radius 2 is 2.03 bits per heavy atom. The fraction of sp³-hybridized carbons (Fsp3) is 0.476. The van der Waals surface area contributed by atoms with Gasteiger partial charge in [-0.3, -0.25) is 4.79 Å². The van der Waals surface area contributed by atoms with E-state index >= 15 is 0 Å². The molecular formula is C21H23FN4O5S2. The number of rotatable bonds is 5. The van der Waals surface area contributed by atoms with Crippen LogP contribution in [0, 0.1) is 5.82 Å². The van der Waals surface area contributed by atoms with Crippen molar-refractivity contribution in [1.82, 2.24) is 15.5 Å². The molecule has 1 aromatic carbocycles. The minimum Gasteiger partial charge on any atom is -0.478 e. The molecule has 0 unspecified atom stereocenters. The summed E-state index contributed by atoms with van der Waals surface area (Å²) in [6, 6.07) is 1.29. The summed E-state index contributed by atoms with van der Waals surface area (Å²) in [4.78, 5) is 39.1. The summed E-state index contributed by atoms with van der Waals surface area (Å²) < 4.78 is 19.7. The van der Waals surface area contributed by atoms with Gasteiger partial charge in [0.25, 0.3) is 5.91 Å². The number of hydrogen-bond donors (Lipinski definition) is 2. The topological polar surface area (TPSA) is 122 Å². The van der Waals surface area contributed by atoms with Crippen molar-refractivity contribution in [3.8, 4) is 0 Å². The van der Waals surface area contributed by atoms with E-state index in [1.165, 1.54) is 16.2 Å². The second-order valence-corrected chi connectivity index (χ2v) is 11.0. The lowest BCUT2D eigenvalue weighted by atomic mass is 10.1. The SMILES string of the molecule is CC(C)(C)OC(=O)N[C@H]1CSc2cc(F)c(C(=O)O)cc2N(Cc2nnc(C3CC3)s2)C1=O. The maximum absolute atomic E-state index is 14.4. The van der Waals surface area contributed by atoms with E-state index in [0.29, 0.717) is 15.8 Å². The minimum absolute atomic E-state index is 0.0218. The normalized spacial score (nSPS) is 18.5. The van der Waals surface area contributed by atoms with Crippen molar-refractivity contribution >= 4 is 46.8 Å². The van der Waals surface area contributed by atoms with E-state index in [1.54, 1.807) is 20.8 Å². The van der Waals surface area contributed by atoms with Crippen LogP contribution in [0.15, 0.2) is 17.0 Å². The van der Waals surface area contributed by atoms with Crippen molar-refractivity contribution in [3.63, 3.8) is 0 Å². The first-order chi connectivity index (χ1) is 15.5. The third kappa shape index (κ3) is 5.44. The van der Waals surface area contributed by atoms with Crippen molar-refractivity contribution in [2.45, 2.75) is 62.6 Å². The monoisotopic (exact) mass is 494 g/mol. The first-order valence-electron chi connectivity index (χ1n) is 10.3. The molecule has 0 radical (unpaired) electrons. The molecule has 33 heavy (non-hydrogen) atoms. The Morgan fingerprint density at radius 1 is 1.30 bits per heavy atom. The molecule has 1 fully saturated rings. The average Bonchev–Trinajstić information content (AvgIpc) is 3.47. The van der Waals surface area contributed by atoms with Crippen molar-refractivity contribution in [2.24, 2.45) is 0 Å². The number of halogens is 1. The van der Waals surface area contributed by atoms with Crippen LogP contribution in [0.2, 0.25) is 0 Å². The van der Waals surface area contributed by atoms with Gasteiger partial charge in [-0.15, -0.1) is 22.0 Å². The molecule has 176 valence electrons. The number of carboxylic acid groups (broad SMARTS) is 1. The molecule has 9 nitrogen and oxygen atoms in total. The number of nitrogens with zero attached hydrogens (tertiary/aromatic N) is 3. The standard InChI is InChI=1S/C21H23FN4O5S2/c1-21(2,3)31-20(30)23-13-9-32-15-7-12(22)11(19(28)29)6-14(15)26(18(13)27)8-16-24-25-17(33-16)10-4-5-10/h6-7,10,13H,4-5,8-9H2,1-3H3,(H,23,30)(H,28,29)/t13-/m0/s1. The number of amides is 2. The average molecular weight is 495 g/mol. The lowest BCUT2D eigenvalue weighted by Crippen LogP contribution is -2.50. The number of alkyl carbamates (subject to hydrolysis) is 1. The van der Waals surface area contributed by atoms with Crippen molar-refractivity contribution in [2.75, 3.05) is 10.7 Å². The van der Waals surface area contributed by atoms with Crippen LogP contribution in [-0.2, 0) is 16.1 Å². The van der Waals surface area contributed by atoms with E-state index in [4.69, 9.17) is 4.74 Å². The van der Waals surface area contributed by atoms with Crippen LogP contribution in [0.3, 0.4) is 0 Å². The van der Waals surface area contributed by atoms with Crippen LogP contribution in [0.5, 0.6) is 0 Å². The zero-order chi connectivity index (χ0) is 23.9. The third-order valence-electron chi connectivity index (χ3n) is 4.93. The van der Waals surface area contributed by atoms with E-state index in [1.807, 2.05) is 0 Å². The molecule has 1 aromatic heterocycles. The van der Waals surface area contributed by atoms with E-state index in [0.717, 1.165) is 41.7 Å². The lowest BCUT2D eigenvalue weighted by Gasteiger charge is -2.26. The number of nitrogens with one attached hydrogen (secondary N) is 1. The predicted octanol–water partition coefficient (Wildman–Crippen LogP) is 3.79. The Kier molecular flexibility index (Phi) is 6.32. The molecule has 1 aliphatic heterocycles. The summed E-state index contributed by atoms with van der Waals surface area (Å²) >= 11 is 2.54. The number of thioether (sulfide) groups is 1. The second kappa shape index (κ2) is 8.90. The highest BCUT2D eigenvalue weighted by atomic mass is 32.2. The number of aromatic nitrogens is 2. The summed E-state index contributed by atoms with van der Waals surface area (Å²) in [7, 11) is 0. The van der Waals surface area contributed by atoms with Gasteiger partial charge in [-0.1, -0.05) is 11.3 Å². The van der Waals surface area contributed by atoms with E-state index in [2.05, 4.69) is 15.5 Å². The Balaban J connectivity index is 1.67. The van der Waals surface area contributed by atoms with Gasteiger partial charge in [0, 0.05) is 16.6 Å². The summed E-state index contributed by atoms with van der Waals surface area (Å²) in [6.45, 7) is 5.15. The highest BCUT2D eigenvalue weighted by Crippen LogP contribution is 2.42. The van der Waals surface area contributed by atoms with Gasteiger partial charge in [-0.05, 0) is 45.7 Å². The van der Waals surface area contributed by atoms with Crippen molar-refractivity contribution in [3.05, 3.63) is 33.5 Å². The molecule has 2 aromatic rings. The molecule has 2 heterocycles. The van der Waals surface area contributed by atoms with Gasteiger partial charge >= 0.3 is 12.1 Å². The van der Waals surface area contributed by atoms with Gasteiger partial charge in [0.1, 0.15) is 27.5 Å². The van der Waals surface area contributed by atoms with Crippen LogP contribution in [0.1, 0.15) is 59.9 Å². The van der Waals surface area contributed by atoms with E-state index in [-0.39, 0.29) is 18.0 Å². The summed E-state index contributed by atoms with van der Waals surface area (Å²) in [6.07, 6.45) is 1.36. The Bertz CT molecular complexity index is 1110. The van der Waals surface area contributed by atoms with E-state index in [9.17, 15) is 23.9 Å². The second-order valence-electron chi connectivity index (χ2n) is 8.85. The number of benzene rings is 1. The number of carbonyl (C=O) groups is 3.